The molecule has 15 heavy (non-hydrogen) atoms. The van der Waals surface area contributed by atoms with Crippen molar-refractivity contribution in [1.82, 2.24) is 0 Å². The SMILES string of the molecule is CCCCCc1ccc(C)cc1.O=C=O. The lowest BCUT2D eigenvalue weighted by Crippen LogP contribution is -1.84. The van der Waals surface area contributed by atoms with Gasteiger partial charge in [-0.1, -0.05) is 49.6 Å². The Bertz CT molecular complexity index is 282. The third-order valence-electron chi connectivity index (χ3n) is 2.19. The highest BCUT2D eigenvalue weighted by Gasteiger charge is 1.91. The number of unbranched alkanes of at least 4 members (excludes halogenated alkanes) is 2. The lowest BCUT2D eigenvalue weighted by molar-refractivity contribution is -0.191. The second-order valence-electron chi connectivity index (χ2n) is 3.53. The molecule has 0 saturated heterocycles. The van der Waals surface area contributed by atoms with Crippen molar-refractivity contribution >= 4 is 6.15 Å². The van der Waals surface area contributed by atoms with Crippen molar-refractivity contribution in [2.75, 3.05) is 0 Å². The maximum atomic E-state index is 8.12. The van der Waals surface area contributed by atoms with E-state index in [1.807, 2.05) is 0 Å². The molecular formula is C13H18O2. The average Bonchev–Trinajstić information content (AvgIpc) is 2.23. The maximum Gasteiger partial charge on any atom is 0.373 e. The van der Waals surface area contributed by atoms with Crippen molar-refractivity contribution < 1.29 is 9.59 Å². The minimum atomic E-state index is 0.250. The number of hydrogen-bond donors (Lipinski definition) is 0. The zero-order valence-electron chi connectivity index (χ0n) is 9.45. The Morgan fingerprint density at radius 3 is 2.07 bits per heavy atom. The fourth-order valence-electron chi connectivity index (χ4n) is 1.33. The molecule has 0 N–H and O–H groups in total. The molecule has 2 heteroatoms. The zero-order valence-corrected chi connectivity index (χ0v) is 9.45. The fraction of sp³-hybridized carbons (Fsp3) is 0.462. The third kappa shape index (κ3) is 7.65. The summed E-state index contributed by atoms with van der Waals surface area (Å²) in [5, 5.41) is 0. The first-order chi connectivity index (χ1) is 7.24. The van der Waals surface area contributed by atoms with E-state index in [1.165, 1.54) is 36.8 Å². The van der Waals surface area contributed by atoms with Crippen LogP contribution in [0.5, 0.6) is 0 Å². The summed E-state index contributed by atoms with van der Waals surface area (Å²) >= 11 is 0. The van der Waals surface area contributed by atoms with Gasteiger partial charge in [-0.3, -0.25) is 0 Å². The van der Waals surface area contributed by atoms with Crippen LogP contribution in [-0.2, 0) is 16.0 Å². The van der Waals surface area contributed by atoms with Crippen LogP contribution in [0.3, 0.4) is 0 Å². The van der Waals surface area contributed by atoms with Crippen molar-refractivity contribution in [3.8, 4) is 0 Å². The standard InChI is InChI=1S/C12H18.CO2/c1-3-4-5-6-12-9-7-11(2)8-10-12;2-1-3/h7-10H,3-6H2,1-2H3;. The van der Waals surface area contributed by atoms with Gasteiger partial charge in [0.15, 0.2) is 0 Å². The smallest absolute Gasteiger partial charge is 0.186 e. The summed E-state index contributed by atoms with van der Waals surface area (Å²) in [5.74, 6) is 0. The number of rotatable bonds is 4. The van der Waals surface area contributed by atoms with E-state index in [-0.39, 0.29) is 6.15 Å². The molecule has 0 atom stereocenters. The highest BCUT2D eigenvalue weighted by atomic mass is 16.2. The van der Waals surface area contributed by atoms with E-state index >= 15 is 0 Å². The number of carbonyl (C=O) groups excluding carboxylic acids is 2. The van der Waals surface area contributed by atoms with Crippen molar-refractivity contribution in [2.24, 2.45) is 0 Å². The van der Waals surface area contributed by atoms with E-state index in [0.717, 1.165) is 0 Å². The van der Waals surface area contributed by atoms with Crippen molar-refractivity contribution in [2.45, 2.75) is 39.5 Å². The minimum Gasteiger partial charge on any atom is -0.186 e. The van der Waals surface area contributed by atoms with E-state index in [9.17, 15) is 0 Å². The molecule has 0 bridgehead atoms. The van der Waals surface area contributed by atoms with Gasteiger partial charge in [-0.25, -0.2) is 0 Å². The van der Waals surface area contributed by atoms with Crippen LogP contribution in [0.1, 0.15) is 37.3 Å². The van der Waals surface area contributed by atoms with Crippen LogP contribution < -0.4 is 0 Å². The van der Waals surface area contributed by atoms with Crippen LogP contribution in [0.4, 0.5) is 0 Å². The van der Waals surface area contributed by atoms with Gasteiger partial charge in [0.05, 0.1) is 0 Å². The lowest BCUT2D eigenvalue weighted by Gasteiger charge is -2.00. The number of benzene rings is 1. The monoisotopic (exact) mass is 206 g/mol. The first-order valence-corrected chi connectivity index (χ1v) is 5.29. The highest BCUT2D eigenvalue weighted by molar-refractivity contribution is 5.21. The summed E-state index contributed by atoms with van der Waals surface area (Å²) in [4.78, 5) is 16.2. The van der Waals surface area contributed by atoms with Gasteiger partial charge in [-0.2, -0.15) is 9.59 Å². The Labute approximate surface area is 91.3 Å². The summed E-state index contributed by atoms with van der Waals surface area (Å²) in [7, 11) is 0. The van der Waals surface area contributed by atoms with E-state index < -0.39 is 0 Å². The second kappa shape index (κ2) is 9.17. The van der Waals surface area contributed by atoms with Crippen molar-refractivity contribution in [3.63, 3.8) is 0 Å². The maximum absolute atomic E-state index is 8.12. The molecule has 0 fully saturated rings. The Morgan fingerprint density at radius 1 is 1.07 bits per heavy atom. The predicted molar refractivity (Wildman–Crippen MR) is 59.4 cm³/mol. The number of hydrogen-bond acceptors (Lipinski definition) is 2. The third-order valence-corrected chi connectivity index (χ3v) is 2.19. The molecule has 0 heterocycles. The Hall–Kier alpha value is -1.40. The molecule has 0 aliphatic heterocycles. The summed E-state index contributed by atoms with van der Waals surface area (Å²) in [6.45, 7) is 4.38. The van der Waals surface area contributed by atoms with Crippen LogP contribution in [-0.4, -0.2) is 6.15 Å². The zero-order chi connectivity index (χ0) is 11.5. The van der Waals surface area contributed by atoms with E-state index in [0.29, 0.717) is 0 Å². The summed E-state index contributed by atoms with van der Waals surface area (Å²) in [6.07, 6.45) is 5.49. The molecule has 2 nitrogen and oxygen atoms in total. The van der Waals surface area contributed by atoms with E-state index in [2.05, 4.69) is 38.1 Å². The Balaban J connectivity index is 0.000000583. The van der Waals surface area contributed by atoms with Gasteiger partial charge in [0.25, 0.3) is 0 Å². The molecule has 0 aliphatic rings. The van der Waals surface area contributed by atoms with E-state index in [4.69, 9.17) is 9.59 Å². The molecule has 0 radical (unpaired) electrons. The Kier molecular flexibility index (Phi) is 8.31. The molecule has 1 aromatic carbocycles. The minimum absolute atomic E-state index is 0.250. The summed E-state index contributed by atoms with van der Waals surface area (Å²) in [5.41, 5.74) is 2.84. The quantitative estimate of drug-likeness (QED) is 0.709. The molecule has 1 aromatic rings. The van der Waals surface area contributed by atoms with Gasteiger partial charge in [-0.05, 0) is 25.3 Å². The topological polar surface area (TPSA) is 34.1 Å². The average molecular weight is 206 g/mol. The largest absolute Gasteiger partial charge is 0.373 e. The molecular weight excluding hydrogens is 188 g/mol. The lowest BCUT2D eigenvalue weighted by atomic mass is 10.1. The highest BCUT2D eigenvalue weighted by Crippen LogP contribution is 2.07. The van der Waals surface area contributed by atoms with Gasteiger partial charge >= 0.3 is 6.15 Å². The van der Waals surface area contributed by atoms with Gasteiger partial charge in [0.2, 0.25) is 0 Å². The first kappa shape index (κ1) is 13.6. The summed E-state index contributed by atoms with van der Waals surface area (Å²) < 4.78 is 0. The van der Waals surface area contributed by atoms with Gasteiger partial charge in [0.1, 0.15) is 0 Å². The molecule has 0 spiro atoms. The number of aryl methyl sites for hydroxylation is 2. The summed E-state index contributed by atoms with van der Waals surface area (Å²) in [6, 6.07) is 8.87. The van der Waals surface area contributed by atoms with Crippen LogP contribution in [0.25, 0.3) is 0 Å². The molecule has 1 rings (SSSR count). The first-order valence-electron chi connectivity index (χ1n) is 5.29. The normalized spacial score (nSPS) is 8.67. The second-order valence-corrected chi connectivity index (χ2v) is 3.53. The predicted octanol–water partition coefficient (Wildman–Crippen LogP) is 3.14. The fourth-order valence-corrected chi connectivity index (χ4v) is 1.33. The van der Waals surface area contributed by atoms with Gasteiger partial charge < -0.3 is 0 Å². The molecule has 0 unspecified atom stereocenters. The molecule has 0 saturated carbocycles. The van der Waals surface area contributed by atoms with Crippen molar-refractivity contribution in [3.05, 3.63) is 35.4 Å². The van der Waals surface area contributed by atoms with Gasteiger partial charge in [-0.15, -0.1) is 0 Å². The van der Waals surface area contributed by atoms with Crippen LogP contribution >= 0.6 is 0 Å². The molecule has 0 aliphatic carbocycles. The molecule has 0 aromatic heterocycles. The van der Waals surface area contributed by atoms with Crippen LogP contribution in [0, 0.1) is 6.92 Å². The van der Waals surface area contributed by atoms with Crippen LogP contribution in [0.2, 0.25) is 0 Å². The van der Waals surface area contributed by atoms with Crippen LogP contribution in [0.15, 0.2) is 24.3 Å². The Morgan fingerprint density at radius 2 is 1.60 bits per heavy atom. The van der Waals surface area contributed by atoms with Crippen molar-refractivity contribution in [1.29, 1.82) is 0 Å². The molecule has 82 valence electrons. The molecule has 0 amide bonds. The van der Waals surface area contributed by atoms with Gasteiger partial charge in [0, 0.05) is 0 Å². The van der Waals surface area contributed by atoms with E-state index in [1.54, 1.807) is 0 Å².